The monoisotopic (exact) mass is 808 g/mol. The Morgan fingerprint density at radius 2 is 1.68 bits per heavy atom. The molecule has 2 aliphatic heterocycles. The molecule has 56 heavy (non-hydrogen) atoms. The molecule has 2 aromatic carbocycles. The van der Waals surface area contributed by atoms with E-state index in [0.29, 0.717) is 26.1 Å². The quantitative estimate of drug-likeness (QED) is 0.0713. The lowest BCUT2D eigenvalue weighted by molar-refractivity contribution is -0.193. The van der Waals surface area contributed by atoms with Crippen molar-refractivity contribution in [3.8, 4) is 21.6 Å². The minimum Gasteiger partial charge on any atom is -0.459 e. The highest BCUT2D eigenvalue weighted by Crippen LogP contribution is 2.51. The van der Waals surface area contributed by atoms with Crippen LogP contribution in [0, 0.1) is 24.7 Å². The fourth-order valence-electron chi connectivity index (χ4n) is 8.25. The molecule has 2 aliphatic rings. The Morgan fingerprint density at radius 1 is 0.982 bits per heavy atom. The van der Waals surface area contributed by atoms with Gasteiger partial charge in [0.1, 0.15) is 17.8 Å². The van der Waals surface area contributed by atoms with Crippen molar-refractivity contribution in [2.75, 3.05) is 19.6 Å². The number of carbonyl (C=O) groups is 2. The fraction of sp³-hybridized carbons (Fsp3) is 0.545. The standard InChI is InChI=1S/C44H60N2O8S2/c1-9-36-44(8,53)41(50)29(6)46(24-26(3)23-43(7,52)40(49)27(4)38(48)28(5)42(51)54-36)20-12-19-45-37(47)18-16-30-22-32-31-13-10-11-14-34(31)56-35-17-15-25(2)21-33(35)39(32)55-30/h10-11,13-18,21-22,26-29,36,38,40-41,48-50,52-53H,9,12,19-20,23-24H2,1-8H3,(H,45,47)/b18-16+/t26-,27+,28-,29-,36-,38+,40-,41?,43-,44-/m1/s1. The number of benzene rings is 2. The van der Waals surface area contributed by atoms with E-state index in [1.807, 2.05) is 17.9 Å². The van der Waals surface area contributed by atoms with Gasteiger partial charge in [-0.25, -0.2) is 0 Å². The van der Waals surface area contributed by atoms with E-state index in [1.54, 1.807) is 49.9 Å². The van der Waals surface area contributed by atoms with Crippen molar-refractivity contribution >= 4 is 41.1 Å². The third-order valence-corrected chi connectivity index (χ3v) is 13.9. The number of nitrogens with zero attached hydrogens (tertiary/aromatic N) is 1. The maximum absolute atomic E-state index is 13.2. The molecule has 0 spiro atoms. The number of hydrogen-bond donors (Lipinski definition) is 6. The van der Waals surface area contributed by atoms with Crippen molar-refractivity contribution in [3.63, 3.8) is 0 Å². The topological polar surface area (TPSA) is 160 Å². The molecule has 10 atom stereocenters. The first-order valence-corrected chi connectivity index (χ1v) is 21.4. The molecule has 0 aliphatic carbocycles. The Kier molecular flexibility index (Phi) is 14.3. The first-order valence-electron chi connectivity index (χ1n) is 19.8. The zero-order valence-corrected chi connectivity index (χ0v) is 35.5. The largest absolute Gasteiger partial charge is 0.459 e. The van der Waals surface area contributed by atoms with Crippen LogP contribution in [0.15, 0.2) is 64.4 Å². The lowest BCUT2D eigenvalue weighted by atomic mass is 9.78. The van der Waals surface area contributed by atoms with E-state index in [4.69, 9.17) is 4.74 Å². The van der Waals surface area contributed by atoms with E-state index in [9.17, 15) is 35.1 Å². The van der Waals surface area contributed by atoms with Crippen LogP contribution in [0.1, 0.15) is 78.2 Å². The van der Waals surface area contributed by atoms with Crippen molar-refractivity contribution in [3.05, 3.63) is 65.0 Å². The molecular formula is C44H60N2O8S2. The molecule has 0 saturated carbocycles. The summed E-state index contributed by atoms with van der Waals surface area (Å²) in [7, 11) is 0. The molecule has 0 bridgehead atoms. The van der Waals surface area contributed by atoms with Gasteiger partial charge >= 0.3 is 5.97 Å². The van der Waals surface area contributed by atoms with Gasteiger partial charge in [-0.1, -0.05) is 62.4 Å². The first kappa shape index (κ1) is 44.0. The Balaban J connectivity index is 1.29. The molecule has 1 amide bonds. The minimum absolute atomic E-state index is 0.167. The van der Waals surface area contributed by atoms with Crippen LogP contribution in [0.5, 0.6) is 0 Å². The van der Waals surface area contributed by atoms with E-state index in [1.165, 1.54) is 52.1 Å². The minimum atomic E-state index is -1.84. The molecule has 1 saturated heterocycles. The molecular weight excluding hydrogens is 749 g/mol. The number of fused-ring (bicyclic) bond motifs is 5. The van der Waals surface area contributed by atoms with E-state index in [-0.39, 0.29) is 24.7 Å². The van der Waals surface area contributed by atoms with E-state index in [2.05, 4.69) is 60.8 Å². The lowest BCUT2D eigenvalue weighted by Crippen LogP contribution is -2.59. The predicted molar refractivity (Wildman–Crippen MR) is 223 cm³/mol. The highest BCUT2D eigenvalue weighted by atomic mass is 32.2. The smallest absolute Gasteiger partial charge is 0.311 e. The normalized spacial score (nSPS) is 32.0. The van der Waals surface area contributed by atoms with Crippen LogP contribution < -0.4 is 5.32 Å². The van der Waals surface area contributed by atoms with Crippen LogP contribution in [0.4, 0.5) is 0 Å². The highest BCUT2D eigenvalue weighted by Gasteiger charge is 2.47. The molecule has 3 aromatic rings. The Hall–Kier alpha value is -3.07. The van der Waals surface area contributed by atoms with Gasteiger partial charge in [-0.2, -0.15) is 0 Å². The zero-order valence-electron chi connectivity index (χ0n) is 33.9. The van der Waals surface area contributed by atoms with Gasteiger partial charge in [-0.3, -0.25) is 14.5 Å². The molecule has 1 unspecified atom stereocenters. The molecule has 10 nitrogen and oxygen atoms in total. The number of aliphatic hydroxyl groups is 5. The first-order chi connectivity index (χ1) is 26.3. The van der Waals surface area contributed by atoms with Crippen LogP contribution in [0.25, 0.3) is 27.6 Å². The number of rotatable bonds is 7. The Bertz CT molecular complexity index is 1870. The van der Waals surface area contributed by atoms with Crippen LogP contribution in [-0.2, 0) is 14.3 Å². The maximum Gasteiger partial charge on any atom is 0.311 e. The summed E-state index contributed by atoms with van der Waals surface area (Å²) in [5, 5.41) is 59.9. The van der Waals surface area contributed by atoms with Crippen LogP contribution in [0.2, 0.25) is 0 Å². The highest BCUT2D eigenvalue weighted by molar-refractivity contribution is 7.99. The lowest BCUT2D eigenvalue weighted by Gasteiger charge is -2.43. The molecule has 1 fully saturated rings. The Labute approximate surface area is 340 Å². The maximum atomic E-state index is 13.2. The third kappa shape index (κ3) is 9.78. The van der Waals surface area contributed by atoms with Gasteiger partial charge in [0, 0.05) is 68.3 Å². The number of aryl methyl sites for hydroxylation is 1. The van der Waals surface area contributed by atoms with E-state index in [0.717, 1.165) is 10.4 Å². The van der Waals surface area contributed by atoms with Gasteiger partial charge in [0.05, 0.1) is 23.7 Å². The van der Waals surface area contributed by atoms with Gasteiger partial charge in [0.2, 0.25) is 5.91 Å². The number of esters is 1. The summed E-state index contributed by atoms with van der Waals surface area (Å²) in [6.07, 6.45) is -0.785. The molecule has 0 radical (unpaired) electrons. The van der Waals surface area contributed by atoms with Gasteiger partial charge in [-0.15, -0.1) is 11.3 Å². The summed E-state index contributed by atoms with van der Waals surface area (Å²) in [6.45, 7) is 14.8. The second kappa shape index (κ2) is 18.2. The van der Waals surface area contributed by atoms with E-state index >= 15 is 0 Å². The second-order valence-corrected chi connectivity index (χ2v) is 18.6. The number of amides is 1. The van der Waals surface area contributed by atoms with E-state index < -0.39 is 59.5 Å². The summed E-state index contributed by atoms with van der Waals surface area (Å²) >= 11 is 3.44. The number of nitrogens with one attached hydrogen (secondary N) is 1. The zero-order chi connectivity index (χ0) is 41.1. The summed E-state index contributed by atoms with van der Waals surface area (Å²) in [4.78, 5) is 32.8. The average Bonchev–Trinajstić information content (AvgIpc) is 3.54. The number of aliphatic hydroxyl groups excluding tert-OH is 3. The number of cyclic esters (lactones) is 1. The van der Waals surface area contributed by atoms with Crippen molar-refractivity contribution < 1.29 is 39.9 Å². The van der Waals surface area contributed by atoms with Gasteiger partial charge in [-0.05, 0) is 95.7 Å². The number of thiophene rings is 1. The van der Waals surface area contributed by atoms with Gasteiger partial charge in [0.15, 0.2) is 0 Å². The number of carbonyl (C=O) groups excluding carboxylic acids is 2. The predicted octanol–water partition coefficient (Wildman–Crippen LogP) is 6.28. The summed E-state index contributed by atoms with van der Waals surface area (Å²) < 4.78 is 5.70. The van der Waals surface area contributed by atoms with Crippen molar-refractivity contribution in [1.82, 2.24) is 10.2 Å². The Morgan fingerprint density at radius 3 is 2.39 bits per heavy atom. The molecule has 12 heteroatoms. The van der Waals surface area contributed by atoms with Gasteiger partial charge in [0.25, 0.3) is 0 Å². The van der Waals surface area contributed by atoms with Crippen molar-refractivity contribution in [2.45, 2.75) is 126 Å². The summed E-state index contributed by atoms with van der Waals surface area (Å²) in [5.41, 5.74) is 1.28. The van der Waals surface area contributed by atoms with Crippen LogP contribution >= 0.6 is 23.1 Å². The second-order valence-electron chi connectivity index (χ2n) is 16.5. The third-order valence-electron chi connectivity index (χ3n) is 11.6. The van der Waals surface area contributed by atoms with Gasteiger partial charge < -0.3 is 35.6 Å². The molecule has 5 rings (SSSR count). The van der Waals surface area contributed by atoms with Crippen LogP contribution in [0.3, 0.4) is 0 Å². The average molecular weight is 809 g/mol. The van der Waals surface area contributed by atoms with Crippen molar-refractivity contribution in [1.29, 1.82) is 0 Å². The number of ether oxygens (including phenoxy) is 1. The molecule has 306 valence electrons. The molecule has 6 N–H and O–H groups in total. The summed E-state index contributed by atoms with van der Waals surface area (Å²) in [5.74, 6) is -3.11. The SMILES string of the molecule is CC[C@H]1OC(=O)[C@H](C)[C@@H](O)[C@H](C)[C@@H](O)[C@](C)(O)C[C@@H](C)CN(CCCNC(=O)/C=C/c2cc3c(s2)-c2cc(C)ccc2Sc2ccccc2-3)[C@H](C)C(O)[C@]1(C)O. The molecule has 3 heterocycles. The summed E-state index contributed by atoms with van der Waals surface area (Å²) in [6, 6.07) is 16.5. The van der Waals surface area contributed by atoms with Crippen LogP contribution in [-0.4, -0.2) is 104 Å². The number of hydrogen-bond acceptors (Lipinski definition) is 11. The molecule has 1 aromatic heterocycles. The fourth-order valence-corrected chi connectivity index (χ4v) is 10.5. The van der Waals surface area contributed by atoms with Crippen molar-refractivity contribution in [2.24, 2.45) is 17.8 Å².